The summed E-state index contributed by atoms with van der Waals surface area (Å²) in [7, 11) is 0. The van der Waals surface area contributed by atoms with Crippen LogP contribution in [0.15, 0.2) is 35.3 Å². The monoisotopic (exact) mass is 217 g/mol. The number of amides is 1. The molecule has 0 unspecified atom stereocenters. The van der Waals surface area contributed by atoms with Crippen LogP contribution in [0.5, 0.6) is 0 Å². The van der Waals surface area contributed by atoms with Gasteiger partial charge in [-0.3, -0.25) is 9.78 Å². The van der Waals surface area contributed by atoms with E-state index in [-0.39, 0.29) is 5.91 Å². The normalized spacial score (nSPS) is 10.1. The largest absolute Gasteiger partial charge is 0.364 e. The molecule has 2 rings (SSSR count). The van der Waals surface area contributed by atoms with Crippen molar-refractivity contribution in [3.63, 3.8) is 0 Å². The van der Waals surface area contributed by atoms with Crippen molar-refractivity contribution < 1.29 is 9.32 Å². The van der Waals surface area contributed by atoms with Gasteiger partial charge in [-0.1, -0.05) is 11.2 Å². The summed E-state index contributed by atoms with van der Waals surface area (Å²) in [4.78, 5) is 15.6. The summed E-state index contributed by atoms with van der Waals surface area (Å²) >= 11 is 0. The van der Waals surface area contributed by atoms with Crippen LogP contribution in [-0.2, 0) is 6.54 Å². The van der Waals surface area contributed by atoms with Crippen molar-refractivity contribution in [3.8, 4) is 0 Å². The van der Waals surface area contributed by atoms with Crippen LogP contribution in [0.25, 0.3) is 0 Å². The van der Waals surface area contributed by atoms with Gasteiger partial charge in [-0.05, 0) is 18.6 Å². The molecule has 0 aromatic carbocycles. The minimum atomic E-state index is -0.241. The molecular weight excluding hydrogens is 206 g/mol. The molecule has 0 aliphatic heterocycles. The van der Waals surface area contributed by atoms with Crippen molar-refractivity contribution in [2.75, 3.05) is 0 Å². The highest BCUT2D eigenvalue weighted by Crippen LogP contribution is 2.04. The van der Waals surface area contributed by atoms with Crippen molar-refractivity contribution in [2.45, 2.75) is 13.5 Å². The average molecular weight is 217 g/mol. The highest BCUT2D eigenvalue weighted by atomic mass is 16.5. The number of rotatable bonds is 3. The van der Waals surface area contributed by atoms with E-state index in [1.807, 2.05) is 12.1 Å². The van der Waals surface area contributed by atoms with E-state index in [0.717, 1.165) is 11.1 Å². The third-order valence-corrected chi connectivity index (χ3v) is 2.14. The Morgan fingerprint density at radius 1 is 1.56 bits per heavy atom. The van der Waals surface area contributed by atoms with Crippen LogP contribution in [0.2, 0.25) is 0 Å². The van der Waals surface area contributed by atoms with Crippen molar-refractivity contribution in [1.82, 2.24) is 15.5 Å². The number of carbonyl (C=O) groups is 1. The van der Waals surface area contributed by atoms with E-state index < -0.39 is 0 Å². The SMILES string of the molecule is Cc1conc1C(=O)NCc1cccnc1. The zero-order valence-corrected chi connectivity index (χ0v) is 8.80. The number of aromatic nitrogens is 2. The predicted octanol–water partition coefficient (Wildman–Crippen LogP) is 1.31. The highest BCUT2D eigenvalue weighted by molar-refractivity contribution is 5.93. The first-order chi connectivity index (χ1) is 7.77. The van der Waals surface area contributed by atoms with Crippen LogP contribution in [0.1, 0.15) is 21.6 Å². The van der Waals surface area contributed by atoms with E-state index in [0.29, 0.717) is 12.2 Å². The lowest BCUT2D eigenvalue weighted by molar-refractivity contribution is 0.0941. The molecule has 5 heteroatoms. The van der Waals surface area contributed by atoms with Crippen molar-refractivity contribution >= 4 is 5.91 Å². The molecule has 0 spiro atoms. The Labute approximate surface area is 92.5 Å². The van der Waals surface area contributed by atoms with Crippen molar-refractivity contribution in [2.24, 2.45) is 0 Å². The van der Waals surface area contributed by atoms with Gasteiger partial charge in [0, 0.05) is 24.5 Å². The third-order valence-electron chi connectivity index (χ3n) is 2.14. The molecule has 0 saturated carbocycles. The Morgan fingerprint density at radius 3 is 3.06 bits per heavy atom. The van der Waals surface area contributed by atoms with Gasteiger partial charge in [0.2, 0.25) is 0 Å². The molecule has 82 valence electrons. The second-order valence-electron chi connectivity index (χ2n) is 3.39. The van der Waals surface area contributed by atoms with Crippen molar-refractivity contribution in [3.05, 3.63) is 47.6 Å². The van der Waals surface area contributed by atoms with Crippen LogP contribution < -0.4 is 5.32 Å². The average Bonchev–Trinajstić information content (AvgIpc) is 2.74. The lowest BCUT2D eigenvalue weighted by Gasteiger charge is -2.02. The first-order valence-electron chi connectivity index (χ1n) is 4.85. The fraction of sp³-hybridized carbons (Fsp3) is 0.182. The number of pyridine rings is 1. The molecule has 2 aromatic heterocycles. The summed E-state index contributed by atoms with van der Waals surface area (Å²) in [5.74, 6) is -0.241. The first-order valence-corrected chi connectivity index (χ1v) is 4.85. The molecule has 2 aromatic rings. The number of hydrogen-bond donors (Lipinski definition) is 1. The molecule has 0 atom stereocenters. The number of aryl methyl sites for hydroxylation is 1. The second kappa shape index (κ2) is 4.57. The van der Waals surface area contributed by atoms with Gasteiger partial charge in [-0.25, -0.2) is 0 Å². The number of nitrogens with one attached hydrogen (secondary N) is 1. The van der Waals surface area contributed by atoms with E-state index in [1.165, 1.54) is 6.26 Å². The highest BCUT2D eigenvalue weighted by Gasteiger charge is 2.12. The van der Waals surface area contributed by atoms with E-state index in [9.17, 15) is 4.79 Å². The Hall–Kier alpha value is -2.17. The van der Waals surface area contributed by atoms with E-state index in [4.69, 9.17) is 4.52 Å². The summed E-state index contributed by atoms with van der Waals surface area (Å²) in [6.07, 6.45) is 4.84. The predicted molar refractivity (Wildman–Crippen MR) is 56.6 cm³/mol. The quantitative estimate of drug-likeness (QED) is 0.841. The van der Waals surface area contributed by atoms with Gasteiger partial charge in [-0.2, -0.15) is 0 Å². The molecule has 0 bridgehead atoms. The lowest BCUT2D eigenvalue weighted by Crippen LogP contribution is -2.23. The molecule has 2 heterocycles. The third kappa shape index (κ3) is 2.25. The van der Waals surface area contributed by atoms with Crippen LogP contribution >= 0.6 is 0 Å². The van der Waals surface area contributed by atoms with Gasteiger partial charge in [-0.15, -0.1) is 0 Å². The van der Waals surface area contributed by atoms with Crippen LogP contribution in [0.3, 0.4) is 0 Å². The van der Waals surface area contributed by atoms with Gasteiger partial charge < -0.3 is 9.84 Å². The molecule has 1 amide bonds. The molecule has 0 saturated heterocycles. The Balaban J connectivity index is 1.97. The minimum Gasteiger partial charge on any atom is -0.364 e. The Morgan fingerprint density at radius 2 is 2.44 bits per heavy atom. The summed E-state index contributed by atoms with van der Waals surface area (Å²) in [5.41, 5.74) is 1.99. The van der Waals surface area contributed by atoms with Crippen LogP contribution in [-0.4, -0.2) is 16.0 Å². The summed E-state index contributed by atoms with van der Waals surface area (Å²) in [6, 6.07) is 3.71. The fourth-order valence-corrected chi connectivity index (χ4v) is 1.28. The van der Waals surface area contributed by atoms with Gasteiger partial charge in [0.15, 0.2) is 5.69 Å². The van der Waals surface area contributed by atoms with E-state index in [1.54, 1.807) is 19.3 Å². The molecule has 0 aliphatic rings. The molecule has 0 radical (unpaired) electrons. The second-order valence-corrected chi connectivity index (χ2v) is 3.39. The maximum absolute atomic E-state index is 11.6. The van der Waals surface area contributed by atoms with E-state index >= 15 is 0 Å². The molecule has 16 heavy (non-hydrogen) atoms. The fourth-order valence-electron chi connectivity index (χ4n) is 1.28. The van der Waals surface area contributed by atoms with Crippen LogP contribution in [0, 0.1) is 6.92 Å². The van der Waals surface area contributed by atoms with Gasteiger partial charge in [0.1, 0.15) is 6.26 Å². The summed E-state index contributed by atoms with van der Waals surface area (Å²) < 4.78 is 4.70. The molecule has 0 fully saturated rings. The topological polar surface area (TPSA) is 68.0 Å². The number of carbonyl (C=O) groups excluding carboxylic acids is 1. The van der Waals surface area contributed by atoms with Gasteiger partial charge >= 0.3 is 0 Å². The molecule has 5 nitrogen and oxygen atoms in total. The number of nitrogens with zero attached hydrogens (tertiary/aromatic N) is 2. The van der Waals surface area contributed by atoms with Crippen molar-refractivity contribution in [1.29, 1.82) is 0 Å². The first kappa shape index (κ1) is 10.4. The molecule has 0 aliphatic carbocycles. The lowest BCUT2D eigenvalue weighted by atomic mass is 10.2. The number of hydrogen-bond acceptors (Lipinski definition) is 4. The molecular formula is C11H11N3O2. The zero-order valence-electron chi connectivity index (χ0n) is 8.80. The Kier molecular flexibility index (Phi) is 2.95. The standard InChI is InChI=1S/C11H11N3O2/c1-8-7-16-14-10(8)11(15)13-6-9-3-2-4-12-5-9/h2-5,7H,6H2,1H3,(H,13,15). The maximum Gasteiger partial charge on any atom is 0.274 e. The zero-order chi connectivity index (χ0) is 11.4. The Bertz CT molecular complexity index is 479. The summed E-state index contributed by atoms with van der Waals surface area (Å²) in [5, 5.41) is 6.37. The van der Waals surface area contributed by atoms with Gasteiger partial charge in [0.25, 0.3) is 5.91 Å². The van der Waals surface area contributed by atoms with Crippen LogP contribution in [0.4, 0.5) is 0 Å². The smallest absolute Gasteiger partial charge is 0.274 e. The maximum atomic E-state index is 11.6. The van der Waals surface area contributed by atoms with E-state index in [2.05, 4.69) is 15.5 Å². The molecule has 1 N–H and O–H groups in total. The summed E-state index contributed by atoms with van der Waals surface area (Å²) in [6.45, 7) is 2.20. The minimum absolute atomic E-state index is 0.241. The van der Waals surface area contributed by atoms with Gasteiger partial charge in [0.05, 0.1) is 0 Å².